The van der Waals surface area contributed by atoms with Crippen molar-refractivity contribution in [3.8, 4) is 0 Å². The first-order valence-electron chi connectivity index (χ1n) is 11.5. The van der Waals surface area contributed by atoms with Crippen LogP contribution in [0.25, 0.3) is 0 Å². The predicted molar refractivity (Wildman–Crippen MR) is 116 cm³/mol. The topological polar surface area (TPSA) is 89.9 Å². The van der Waals surface area contributed by atoms with E-state index in [1.165, 1.54) is 32.1 Å². The van der Waals surface area contributed by atoms with Gasteiger partial charge in [-0.3, -0.25) is 4.79 Å². The molecular formula is C24H36N2O4. The van der Waals surface area contributed by atoms with Gasteiger partial charge in [0.15, 0.2) is 0 Å². The highest BCUT2D eigenvalue weighted by Gasteiger charge is 2.49. The van der Waals surface area contributed by atoms with E-state index in [0.717, 1.165) is 24.8 Å². The summed E-state index contributed by atoms with van der Waals surface area (Å²) in [4.78, 5) is 27.2. The molecule has 2 fully saturated rings. The van der Waals surface area contributed by atoms with E-state index in [0.29, 0.717) is 25.3 Å². The van der Waals surface area contributed by atoms with Gasteiger partial charge < -0.3 is 20.4 Å². The quantitative estimate of drug-likeness (QED) is 0.558. The number of benzene rings is 1. The third-order valence-corrected chi connectivity index (χ3v) is 7.06. The van der Waals surface area contributed by atoms with Crippen LogP contribution in [0.3, 0.4) is 0 Å². The van der Waals surface area contributed by atoms with Gasteiger partial charge in [-0.15, -0.1) is 0 Å². The van der Waals surface area contributed by atoms with Crippen LogP contribution in [0.1, 0.15) is 75.8 Å². The Labute approximate surface area is 179 Å². The van der Waals surface area contributed by atoms with Crippen molar-refractivity contribution in [1.29, 1.82) is 0 Å². The number of aliphatic carboxylic acids is 1. The summed E-state index contributed by atoms with van der Waals surface area (Å²) < 4.78 is 0. The fourth-order valence-electron chi connectivity index (χ4n) is 5.28. The van der Waals surface area contributed by atoms with E-state index in [2.05, 4.69) is 5.32 Å². The van der Waals surface area contributed by atoms with E-state index in [1.54, 1.807) is 4.90 Å². The first-order chi connectivity index (χ1) is 14.6. The summed E-state index contributed by atoms with van der Waals surface area (Å²) in [5.41, 5.74) is -0.156. The number of carboxylic acid groups (broad SMARTS) is 1. The number of carbonyl (C=O) groups is 2. The number of rotatable bonds is 9. The Morgan fingerprint density at radius 3 is 2.30 bits per heavy atom. The lowest BCUT2D eigenvalue weighted by Crippen LogP contribution is -2.50. The second-order valence-electron chi connectivity index (χ2n) is 8.96. The third-order valence-electron chi connectivity index (χ3n) is 7.06. The Morgan fingerprint density at radius 2 is 1.70 bits per heavy atom. The lowest BCUT2D eigenvalue weighted by Gasteiger charge is -2.36. The smallest absolute Gasteiger partial charge is 0.317 e. The predicted octanol–water partition coefficient (Wildman–Crippen LogP) is 4.35. The number of carbonyl (C=O) groups excluding carboxylic acids is 1. The van der Waals surface area contributed by atoms with Crippen LogP contribution < -0.4 is 5.32 Å². The molecular weight excluding hydrogens is 380 g/mol. The van der Waals surface area contributed by atoms with Crippen molar-refractivity contribution in [3.05, 3.63) is 35.9 Å². The Hall–Kier alpha value is -2.08. The van der Waals surface area contributed by atoms with E-state index in [1.807, 2.05) is 30.3 Å². The maximum absolute atomic E-state index is 13.2. The molecule has 0 bridgehead atoms. The SMILES string of the molecule is O=C(NC(c1ccccc1)C1(C(=O)O)CCCC1)N(CCO)CCC1CCCCC1. The van der Waals surface area contributed by atoms with E-state index < -0.39 is 17.4 Å². The molecule has 3 rings (SSSR count). The Balaban J connectivity index is 1.75. The van der Waals surface area contributed by atoms with Crippen LogP contribution in [-0.2, 0) is 4.79 Å². The molecule has 2 aliphatic rings. The molecule has 2 aliphatic carbocycles. The van der Waals surface area contributed by atoms with E-state index in [9.17, 15) is 19.8 Å². The first kappa shape index (κ1) is 22.6. The number of aliphatic hydroxyl groups excluding tert-OH is 1. The summed E-state index contributed by atoms with van der Waals surface area (Å²) in [5.74, 6) is -0.206. The zero-order chi connectivity index (χ0) is 21.4. The molecule has 0 aliphatic heterocycles. The maximum Gasteiger partial charge on any atom is 0.317 e. The van der Waals surface area contributed by atoms with Gasteiger partial charge in [0.05, 0.1) is 18.1 Å². The van der Waals surface area contributed by atoms with Crippen LogP contribution in [0.5, 0.6) is 0 Å². The second kappa shape index (κ2) is 10.8. The van der Waals surface area contributed by atoms with E-state index in [4.69, 9.17) is 0 Å². The zero-order valence-electron chi connectivity index (χ0n) is 17.9. The van der Waals surface area contributed by atoms with Gasteiger partial charge >= 0.3 is 12.0 Å². The second-order valence-corrected chi connectivity index (χ2v) is 8.96. The van der Waals surface area contributed by atoms with Crippen LogP contribution in [0.15, 0.2) is 30.3 Å². The average Bonchev–Trinajstić information content (AvgIpc) is 3.27. The highest BCUT2D eigenvalue weighted by molar-refractivity contribution is 5.80. The van der Waals surface area contributed by atoms with Crippen LogP contribution in [-0.4, -0.2) is 46.8 Å². The minimum atomic E-state index is -0.981. The fourth-order valence-corrected chi connectivity index (χ4v) is 5.28. The van der Waals surface area contributed by atoms with Crippen molar-refractivity contribution in [2.45, 2.75) is 70.3 Å². The minimum Gasteiger partial charge on any atom is -0.481 e. The molecule has 1 aromatic rings. The lowest BCUT2D eigenvalue weighted by molar-refractivity contribution is -0.150. The van der Waals surface area contributed by atoms with Crippen molar-refractivity contribution >= 4 is 12.0 Å². The third kappa shape index (κ3) is 5.34. The highest BCUT2D eigenvalue weighted by Crippen LogP contribution is 2.48. The largest absolute Gasteiger partial charge is 0.481 e. The van der Waals surface area contributed by atoms with Crippen LogP contribution in [0, 0.1) is 11.3 Å². The molecule has 3 N–H and O–H groups in total. The molecule has 6 heteroatoms. The van der Waals surface area contributed by atoms with Gasteiger partial charge in [0, 0.05) is 13.1 Å². The summed E-state index contributed by atoms with van der Waals surface area (Å²) >= 11 is 0. The number of aliphatic hydroxyl groups is 1. The van der Waals surface area contributed by atoms with Crippen LogP contribution in [0.2, 0.25) is 0 Å². The van der Waals surface area contributed by atoms with Crippen LogP contribution in [0.4, 0.5) is 4.79 Å². The van der Waals surface area contributed by atoms with Crippen LogP contribution >= 0.6 is 0 Å². The molecule has 1 atom stereocenters. The van der Waals surface area contributed by atoms with Crippen molar-refractivity contribution in [2.24, 2.45) is 11.3 Å². The van der Waals surface area contributed by atoms with Crippen molar-refractivity contribution in [2.75, 3.05) is 19.7 Å². The molecule has 2 saturated carbocycles. The summed E-state index contributed by atoms with van der Waals surface area (Å²) in [6, 6.07) is 8.59. The molecule has 1 aromatic carbocycles. The minimum absolute atomic E-state index is 0.0990. The molecule has 6 nitrogen and oxygen atoms in total. The molecule has 0 radical (unpaired) electrons. The van der Waals surface area contributed by atoms with E-state index in [-0.39, 0.29) is 19.2 Å². The van der Waals surface area contributed by atoms with Crippen molar-refractivity contribution in [1.82, 2.24) is 10.2 Å². The molecule has 0 heterocycles. The summed E-state index contributed by atoms with van der Waals surface area (Å²) in [5, 5.41) is 22.7. The first-order valence-corrected chi connectivity index (χ1v) is 11.5. The lowest BCUT2D eigenvalue weighted by atomic mass is 9.75. The number of amides is 2. The van der Waals surface area contributed by atoms with Gasteiger partial charge in [-0.25, -0.2) is 4.79 Å². The zero-order valence-corrected chi connectivity index (χ0v) is 17.9. The Kier molecular flexibility index (Phi) is 8.14. The van der Waals surface area contributed by atoms with Gasteiger partial charge in [-0.1, -0.05) is 75.3 Å². The van der Waals surface area contributed by atoms with Crippen molar-refractivity contribution in [3.63, 3.8) is 0 Å². The fraction of sp³-hybridized carbons (Fsp3) is 0.667. The Bertz CT molecular complexity index is 682. The normalized spacial score (nSPS) is 19.9. The molecule has 30 heavy (non-hydrogen) atoms. The standard InChI is InChI=1S/C24H36N2O4/c27-18-17-26(16-13-19-9-3-1-4-10-19)23(30)25-21(20-11-5-2-6-12-20)24(22(28)29)14-7-8-15-24/h2,5-6,11-12,19,21,27H,1,3-4,7-10,13-18H2,(H,25,30)(H,28,29). The average molecular weight is 417 g/mol. The highest BCUT2D eigenvalue weighted by atomic mass is 16.4. The van der Waals surface area contributed by atoms with Gasteiger partial charge in [-0.05, 0) is 30.7 Å². The number of hydrogen-bond acceptors (Lipinski definition) is 3. The molecule has 0 spiro atoms. The molecule has 166 valence electrons. The summed E-state index contributed by atoms with van der Waals surface area (Å²) in [7, 11) is 0. The number of carboxylic acids is 1. The van der Waals surface area contributed by atoms with Gasteiger partial charge in [0.2, 0.25) is 0 Å². The van der Waals surface area contributed by atoms with Gasteiger partial charge in [0.1, 0.15) is 0 Å². The summed E-state index contributed by atoms with van der Waals surface area (Å²) in [6.07, 6.45) is 10.0. The number of nitrogens with zero attached hydrogens (tertiary/aromatic N) is 1. The molecule has 0 aromatic heterocycles. The van der Waals surface area contributed by atoms with Crippen molar-refractivity contribution < 1.29 is 19.8 Å². The molecule has 0 saturated heterocycles. The monoisotopic (exact) mass is 416 g/mol. The number of nitrogens with one attached hydrogen (secondary N) is 1. The maximum atomic E-state index is 13.2. The van der Waals surface area contributed by atoms with E-state index >= 15 is 0 Å². The number of urea groups is 1. The number of hydrogen-bond donors (Lipinski definition) is 3. The van der Waals surface area contributed by atoms with Gasteiger partial charge in [-0.2, -0.15) is 0 Å². The van der Waals surface area contributed by atoms with Gasteiger partial charge in [0.25, 0.3) is 0 Å². The molecule has 1 unspecified atom stereocenters. The Morgan fingerprint density at radius 1 is 1.03 bits per heavy atom. The summed E-state index contributed by atoms with van der Waals surface area (Å²) in [6.45, 7) is 0.761. The molecule has 2 amide bonds.